The van der Waals surface area contributed by atoms with E-state index in [9.17, 15) is 9.90 Å². The molecule has 4 N–H and O–H groups in total. The molecule has 0 radical (unpaired) electrons. The maximum atomic E-state index is 12.2. The van der Waals surface area contributed by atoms with Crippen LogP contribution in [0.15, 0.2) is 23.3 Å². The number of rotatable bonds is 5. The third-order valence-electron chi connectivity index (χ3n) is 7.13. The highest BCUT2D eigenvalue weighted by molar-refractivity contribution is 8.68. The molecule has 5 rings (SSSR count). The number of hydrogen-bond acceptors (Lipinski definition) is 10. The van der Waals surface area contributed by atoms with E-state index in [2.05, 4.69) is 35.4 Å². The van der Waals surface area contributed by atoms with Crippen molar-refractivity contribution >= 4 is 46.0 Å². The van der Waals surface area contributed by atoms with Gasteiger partial charge in [-0.2, -0.15) is 4.98 Å². The first kappa shape index (κ1) is 24.4. The molecule has 34 heavy (non-hydrogen) atoms. The Kier molecular flexibility index (Phi) is 6.24. The zero-order chi connectivity index (χ0) is 24.4. The van der Waals surface area contributed by atoms with E-state index in [1.165, 1.54) is 16.5 Å². The molecule has 0 unspecified atom stereocenters. The summed E-state index contributed by atoms with van der Waals surface area (Å²) in [5.41, 5.74) is 4.06. The minimum atomic E-state index is -2.74. The number of hydrogen-bond donors (Lipinski definition) is 3. The van der Waals surface area contributed by atoms with Crippen molar-refractivity contribution in [1.82, 2.24) is 19.5 Å². The predicted octanol–water partition coefficient (Wildman–Crippen LogP) is 3.25. The Bertz CT molecular complexity index is 1240. The first-order valence-electron chi connectivity index (χ1n) is 11.4. The Balaban J connectivity index is 1.39. The van der Waals surface area contributed by atoms with Crippen LogP contribution >= 0.6 is 17.1 Å². The molecule has 0 amide bonds. The molecule has 2 aromatic rings. The number of nitrogens with zero attached hydrogens (tertiary/aromatic N) is 3. The monoisotopic (exact) mass is 527 g/mol. The Morgan fingerprint density at radius 1 is 1.59 bits per heavy atom. The Labute approximate surface area is 206 Å². The van der Waals surface area contributed by atoms with Gasteiger partial charge in [-0.1, -0.05) is 30.5 Å². The summed E-state index contributed by atoms with van der Waals surface area (Å²) in [6, 6.07) is 0. The summed E-state index contributed by atoms with van der Waals surface area (Å²) >= 11 is 7.56. The summed E-state index contributed by atoms with van der Waals surface area (Å²) in [5.74, 6) is 0.382. The van der Waals surface area contributed by atoms with Crippen LogP contribution in [-0.4, -0.2) is 53.8 Å². The number of nitrogens with one attached hydrogen (secondary N) is 1. The van der Waals surface area contributed by atoms with Gasteiger partial charge in [0.25, 0.3) is 5.56 Å². The Hall–Kier alpha value is -1.27. The zero-order valence-electron chi connectivity index (χ0n) is 19.3. The molecule has 4 heterocycles. The van der Waals surface area contributed by atoms with Crippen molar-refractivity contribution in [3.05, 3.63) is 28.8 Å². The van der Waals surface area contributed by atoms with Gasteiger partial charge in [0.2, 0.25) is 11.6 Å². The summed E-state index contributed by atoms with van der Waals surface area (Å²) in [6.07, 6.45) is 1.91. The number of allylic oxidation sites excluding steroid dienone is 1. The van der Waals surface area contributed by atoms with Gasteiger partial charge in [0.1, 0.15) is 12.2 Å². The molecule has 2 saturated heterocycles. The molecule has 2 aromatic heterocycles. The molecule has 2 aliphatic heterocycles. The second-order valence-electron chi connectivity index (χ2n) is 9.57. The normalized spacial score (nSPS) is 40.0. The Morgan fingerprint density at radius 3 is 3.06 bits per heavy atom. The smallest absolute Gasteiger partial charge is 0.280 e. The number of nitrogen functional groups attached to an aromatic ring is 1. The van der Waals surface area contributed by atoms with E-state index in [0.717, 1.165) is 19.3 Å². The number of aliphatic hydroxyl groups is 1. The number of H-pyrrole nitrogens is 1. The lowest BCUT2D eigenvalue weighted by Gasteiger charge is -2.37. The van der Waals surface area contributed by atoms with Gasteiger partial charge in [0.05, 0.1) is 18.5 Å². The second-order valence-corrected chi connectivity index (χ2v) is 16.1. The van der Waals surface area contributed by atoms with Gasteiger partial charge in [-0.25, -0.2) is 4.98 Å². The third-order valence-corrected chi connectivity index (χ3v) is 12.9. The van der Waals surface area contributed by atoms with Crippen LogP contribution in [0.25, 0.3) is 11.2 Å². The van der Waals surface area contributed by atoms with Crippen LogP contribution in [0.2, 0.25) is 0 Å². The van der Waals surface area contributed by atoms with Gasteiger partial charge in [-0.15, -0.1) is 0 Å². The number of imidazole rings is 1. The van der Waals surface area contributed by atoms with Gasteiger partial charge < -0.3 is 24.6 Å². The van der Waals surface area contributed by atoms with E-state index < -0.39 is 35.8 Å². The lowest BCUT2D eigenvalue weighted by atomic mass is 9.77. The fourth-order valence-electron chi connectivity index (χ4n) is 5.12. The lowest BCUT2D eigenvalue weighted by molar-refractivity contribution is -0.0355. The van der Waals surface area contributed by atoms with Crippen molar-refractivity contribution in [2.75, 3.05) is 5.73 Å². The molecule has 3 aliphatic rings. The first-order chi connectivity index (χ1) is 16.0. The van der Waals surface area contributed by atoms with Crippen molar-refractivity contribution in [2.45, 2.75) is 81.8 Å². The first-order valence-corrected chi connectivity index (χ1v) is 15.5. The number of aromatic nitrogens is 4. The summed E-state index contributed by atoms with van der Waals surface area (Å²) in [6.45, 7) is 10.3. The minimum absolute atomic E-state index is 0.00869. The molecule has 13 heteroatoms. The highest BCUT2D eigenvalue weighted by Crippen LogP contribution is 2.76. The van der Waals surface area contributed by atoms with Gasteiger partial charge in [-0.3, -0.25) is 14.3 Å². The lowest BCUT2D eigenvalue weighted by Crippen LogP contribution is -2.39. The number of fused-ring (bicyclic) bond motifs is 2. The molecule has 8 atom stereocenters. The maximum Gasteiger partial charge on any atom is 0.280 e. The largest absolute Gasteiger partial charge is 0.386 e. The molecule has 0 aromatic carbocycles. The van der Waals surface area contributed by atoms with Crippen LogP contribution in [0.3, 0.4) is 0 Å². The van der Waals surface area contributed by atoms with E-state index in [4.69, 9.17) is 31.3 Å². The van der Waals surface area contributed by atoms with Crippen molar-refractivity contribution in [3.63, 3.8) is 0 Å². The van der Waals surface area contributed by atoms with Crippen molar-refractivity contribution in [1.29, 1.82) is 0 Å². The number of aliphatic hydroxyl groups excluding tert-OH is 1. The van der Waals surface area contributed by atoms with Crippen LogP contribution in [0.4, 0.5) is 5.95 Å². The number of nitrogens with two attached hydrogens (primary N) is 1. The Morgan fingerprint density at radius 2 is 2.35 bits per heavy atom. The highest BCUT2D eigenvalue weighted by Gasteiger charge is 2.56. The van der Waals surface area contributed by atoms with Crippen LogP contribution in [0.5, 0.6) is 0 Å². The van der Waals surface area contributed by atoms with Crippen molar-refractivity contribution in [2.24, 2.45) is 5.92 Å². The van der Waals surface area contributed by atoms with E-state index in [1.807, 2.05) is 6.92 Å². The molecular formula is C21H30N5O5PS2. The highest BCUT2D eigenvalue weighted by atomic mass is 32.9. The van der Waals surface area contributed by atoms with E-state index in [0.29, 0.717) is 12.3 Å². The van der Waals surface area contributed by atoms with E-state index in [1.54, 1.807) is 11.4 Å². The summed E-state index contributed by atoms with van der Waals surface area (Å²) in [5, 5.41) is 11.3. The fourth-order valence-corrected chi connectivity index (χ4v) is 12.7. The van der Waals surface area contributed by atoms with Crippen LogP contribution in [0.1, 0.15) is 52.7 Å². The summed E-state index contributed by atoms with van der Waals surface area (Å²) < 4.78 is 20.4. The van der Waals surface area contributed by atoms with Gasteiger partial charge in [-0.05, 0) is 57.3 Å². The second kappa shape index (κ2) is 8.69. The molecule has 186 valence electrons. The van der Waals surface area contributed by atoms with Gasteiger partial charge in [0.15, 0.2) is 17.4 Å². The SMILES string of the molecule is C=C(C)[C@H]1CC[C@@]2(C)S[P@](=S)(O[C@H]3[C@@H](O)[C@H](n4cnc5c(=O)[nH]c(N)nc54)O[C@@H]3CC)O[C@@H]2C1. The molecule has 10 nitrogen and oxygen atoms in total. The number of anilines is 1. The van der Waals surface area contributed by atoms with Crippen LogP contribution < -0.4 is 11.3 Å². The van der Waals surface area contributed by atoms with Gasteiger partial charge >= 0.3 is 0 Å². The molecule has 3 fully saturated rings. The zero-order valence-corrected chi connectivity index (χ0v) is 21.9. The average Bonchev–Trinajstić information content (AvgIpc) is 3.39. The molecule has 1 aliphatic carbocycles. The van der Waals surface area contributed by atoms with Crippen molar-refractivity contribution < 1.29 is 18.9 Å². The van der Waals surface area contributed by atoms with Gasteiger partial charge in [0, 0.05) is 4.75 Å². The third kappa shape index (κ3) is 4.07. The van der Waals surface area contributed by atoms with E-state index >= 15 is 0 Å². The predicted molar refractivity (Wildman–Crippen MR) is 135 cm³/mol. The number of aromatic amines is 1. The topological polar surface area (TPSA) is 138 Å². The molecule has 0 spiro atoms. The molecular weight excluding hydrogens is 497 g/mol. The standard InChI is InChI=1S/C21H30N5O5PS2/c1-5-12-16(31-32(33)30-13-8-11(10(2)3)6-7-21(13,4)34-32)15(27)19(29-12)26-9-23-14-17(26)24-20(22)25-18(14)28/h9,11-13,15-16,19,27H,2,5-8H2,1,3-4H3,(H3,22,24,25,28)/t11-,12+,13+,15+,16+,19+,21+,32-/m0/s1. The summed E-state index contributed by atoms with van der Waals surface area (Å²) in [4.78, 5) is 22.9. The van der Waals surface area contributed by atoms with Crippen LogP contribution in [-0.2, 0) is 25.6 Å². The molecule has 1 saturated carbocycles. The average molecular weight is 528 g/mol. The quantitative estimate of drug-likeness (QED) is 0.392. The minimum Gasteiger partial charge on any atom is -0.386 e. The fraction of sp³-hybridized carbons (Fsp3) is 0.667. The summed E-state index contributed by atoms with van der Waals surface area (Å²) in [7, 11) is 0. The van der Waals surface area contributed by atoms with E-state index in [-0.39, 0.29) is 28.0 Å². The van der Waals surface area contributed by atoms with Crippen LogP contribution in [0, 0.1) is 5.92 Å². The molecule has 0 bridgehead atoms. The maximum absolute atomic E-state index is 12.2. The van der Waals surface area contributed by atoms with Crippen molar-refractivity contribution in [3.8, 4) is 0 Å². The number of ether oxygens (including phenoxy) is 1.